The molecule has 68 valence electrons. The molecule has 0 spiro atoms. The second-order valence-electron chi connectivity index (χ2n) is 1.02. The third kappa shape index (κ3) is 68.3. The van der Waals surface area contributed by atoms with Crippen LogP contribution >= 0.6 is 34.0 Å². The zero-order chi connectivity index (χ0) is 6.83. The number of nitrogens with two attached hydrogens (primary N) is 2. The summed E-state index contributed by atoms with van der Waals surface area (Å²) >= 11 is 0. The van der Waals surface area contributed by atoms with E-state index in [0.29, 0.717) is 13.1 Å². The molecule has 10 heavy (non-hydrogen) atoms. The maximum absolute atomic E-state index is 7.75. The van der Waals surface area contributed by atoms with Crippen LogP contribution < -0.4 is 11.5 Å². The van der Waals surface area contributed by atoms with Crippen molar-refractivity contribution in [2.75, 3.05) is 26.3 Å². The molecule has 0 aromatic rings. The van der Waals surface area contributed by atoms with Crippen molar-refractivity contribution in [3.8, 4) is 0 Å². The van der Waals surface area contributed by atoms with E-state index in [1.54, 1.807) is 0 Å². The van der Waals surface area contributed by atoms with Crippen LogP contribution in [0.5, 0.6) is 0 Å². The van der Waals surface area contributed by atoms with Crippen LogP contribution in [0, 0.1) is 0 Å². The third-order valence-corrected chi connectivity index (χ3v) is 0.258. The minimum atomic E-state index is 0. The van der Waals surface area contributed by atoms with Crippen LogP contribution in [0.1, 0.15) is 0 Å². The van der Waals surface area contributed by atoms with E-state index in [1.807, 2.05) is 0 Å². The zero-order valence-corrected chi connectivity index (χ0v) is 9.12. The van der Waals surface area contributed by atoms with Gasteiger partial charge in [0, 0.05) is 13.1 Å². The summed E-state index contributed by atoms with van der Waals surface area (Å²) in [5.41, 5.74) is 9.56. The van der Waals surface area contributed by atoms with Gasteiger partial charge in [-0.1, -0.05) is 0 Å². The minimum absolute atomic E-state index is 0. The summed E-state index contributed by atoms with van der Waals surface area (Å²) in [5.74, 6) is 0. The summed E-state index contributed by atoms with van der Waals surface area (Å²) in [6, 6.07) is 0. The normalized spacial score (nSPS) is 6.00. The van der Waals surface area contributed by atoms with Crippen molar-refractivity contribution in [3.05, 3.63) is 0 Å². The molecule has 0 heterocycles. The summed E-state index contributed by atoms with van der Waals surface area (Å²) in [7, 11) is 0. The number of aliphatic hydroxyl groups excluding tert-OH is 2. The third-order valence-electron chi connectivity index (χ3n) is 0.258. The average molecular weight is 284 g/mol. The highest BCUT2D eigenvalue weighted by Gasteiger charge is 1.56. The minimum Gasteiger partial charge on any atom is -0.395 e. The Labute approximate surface area is 82.1 Å². The summed E-state index contributed by atoms with van der Waals surface area (Å²) < 4.78 is 0. The van der Waals surface area contributed by atoms with Crippen molar-refractivity contribution in [3.63, 3.8) is 0 Å². The van der Waals surface area contributed by atoms with Crippen molar-refractivity contribution in [1.29, 1.82) is 0 Å². The van der Waals surface area contributed by atoms with E-state index in [4.69, 9.17) is 21.7 Å². The van der Waals surface area contributed by atoms with Crippen molar-refractivity contribution in [2.45, 2.75) is 0 Å². The maximum atomic E-state index is 7.75. The molecule has 0 aliphatic heterocycles. The van der Waals surface area contributed by atoms with E-state index in [-0.39, 0.29) is 47.2 Å². The lowest BCUT2D eigenvalue weighted by atomic mass is 10.8. The van der Waals surface area contributed by atoms with E-state index < -0.39 is 0 Å². The number of rotatable bonds is 2. The van der Waals surface area contributed by atoms with Crippen LogP contribution in [0.4, 0.5) is 0 Å². The van der Waals surface area contributed by atoms with E-state index in [0.717, 1.165) is 0 Å². The lowest BCUT2D eigenvalue weighted by Gasteiger charge is -1.71. The summed E-state index contributed by atoms with van der Waals surface area (Å²) in [4.78, 5) is 0. The van der Waals surface area contributed by atoms with Crippen LogP contribution in [0.2, 0.25) is 0 Å². The fourth-order valence-electron chi connectivity index (χ4n) is 0. The molecular weight excluding hydrogens is 268 g/mol. The molecule has 0 aromatic carbocycles. The molecule has 0 saturated heterocycles. The quantitative estimate of drug-likeness (QED) is 0.525. The van der Waals surface area contributed by atoms with Crippen LogP contribution in [0.25, 0.3) is 0 Å². The largest absolute Gasteiger partial charge is 0.395 e. The molecule has 0 atom stereocenters. The molecule has 0 aromatic heterocycles. The molecule has 0 rings (SSSR count). The lowest BCUT2D eigenvalue weighted by Crippen LogP contribution is -2.02. The smallest absolute Gasteiger partial charge is 0.0553 e. The molecule has 6 heteroatoms. The number of hydrogen-bond acceptors (Lipinski definition) is 4. The van der Waals surface area contributed by atoms with Crippen LogP contribution in [0.3, 0.4) is 0 Å². The first-order valence-electron chi connectivity index (χ1n) is 2.45. The van der Waals surface area contributed by atoms with E-state index in [9.17, 15) is 0 Å². The van der Waals surface area contributed by atoms with Gasteiger partial charge in [-0.2, -0.15) is 0 Å². The van der Waals surface area contributed by atoms with Gasteiger partial charge in [0.25, 0.3) is 0 Å². The molecular formula is C4H16Br2N2O2. The fraction of sp³-hybridized carbons (Fsp3) is 1.00. The van der Waals surface area contributed by atoms with Gasteiger partial charge in [-0.05, 0) is 0 Å². The Kier molecular flexibility index (Phi) is 73.9. The van der Waals surface area contributed by atoms with Crippen molar-refractivity contribution < 1.29 is 10.2 Å². The lowest BCUT2D eigenvalue weighted by molar-refractivity contribution is 0.306. The number of hydrogen-bond donors (Lipinski definition) is 4. The Morgan fingerprint density at radius 1 is 0.800 bits per heavy atom. The Morgan fingerprint density at radius 2 is 0.900 bits per heavy atom. The Hall–Kier alpha value is 0.800. The van der Waals surface area contributed by atoms with Gasteiger partial charge >= 0.3 is 0 Å². The van der Waals surface area contributed by atoms with E-state index in [2.05, 4.69) is 0 Å². The van der Waals surface area contributed by atoms with Crippen molar-refractivity contribution in [1.82, 2.24) is 0 Å². The van der Waals surface area contributed by atoms with Crippen LogP contribution in [-0.2, 0) is 0 Å². The molecule has 0 unspecified atom stereocenters. The highest BCUT2D eigenvalue weighted by Crippen LogP contribution is 1.33. The van der Waals surface area contributed by atoms with Gasteiger partial charge in [0.1, 0.15) is 0 Å². The van der Waals surface area contributed by atoms with Gasteiger partial charge in [0.05, 0.1) is 13.2 Å². The van der Waals surface area contributed by atoms with Crippen molar-refractivity contribution in [2.24, 2.45) is 11.5 Å². The molecule has 0 bridgehead atoms. The first kappa shape index (κ1) is 22.4. The maximum Gasteiger partial charge on any atom is 0.0553 e. The monoisotopic (exact) mass is 282 g/mol. The molecule has 6 N–H and O–H groups in total. The predicted molar refractivity (Wildman–Crippen MR) is 52.9 cm³/mol. The number of aliphatic hydroxyl groups is 2. The molecule has 0 radical (unpaired) electrons. The fourth-order valence-corrected chi connectivity index (χ4v) is 0. The Bertz CT molecular complexity index is 27.2. The molecule has 0 aliphatic carbocycles. The van der Waals surface area contributed by atoms with Crippen LogP contribution in [-0.4, -0.2) is 36.5 Å². The summed E-state index contributed by atoms with van der Waals surface area (Å²) in [6.07, 6.45) is 0. The molecule has 0 amide bonds. The van der Waals surface area contributed by atoms with Gasteiger partial charge in [-0.3, -0.25) is 0 Å². The van der Waals surface area contributed by atoms with Gasteiger partial charge < -0.3 is 21.7 Å². The Balaban J connectivity index is -0.0000000300. The van der Waals surface area contributed by atoms with Gasteiger partial charge in [-0.15, -0.1) is 34.0 Å². The predicted octanol–water partition coefficient (Wildman–Crippen LogP) is -0.969. The first-order valence-corrected chi connectivity index (χ1v) is 2.45. The first-order chi connectivity index (χ1) is 3.83. The van der Waals surface area contributed by atoms with Gasteiger partial charge in [0.15, 0.2) is 0 Å². The Morgan fingerprint density at radius 3 is 0.900 bits per heavy atom. The number of halogens is 2. The van der Waals surface area contributed by atoms with E-state index in [1.165, 1.54) is 0 Å². The van der Waals surface area contributed by atoms with Crippen molar-refractivity contribution >= 4 is 34.0 Å². The molecule has 0 aliphatic rings. The second kappa shape index (κ2) is 32.9. The summed E-state index contributed by atoms with van der Waals surface area (Å²) in [5, 5.41) is 15.5. The molecule has 0 fully saturated rings. The highest BCUT2D eigenvalue weighted by atomic mass is 79.9. The summed E-state index contributed by atoms with van der Waals surface area (Å²) in [6.45, 7) is 0.944. The average Bonchev–Trinajstić information content (AvgIpc) is 1.88. The highest BCUT2D eigenvalue weighted by molar-refractivity contribution is 8.93. The molecule has 4 nitrogen and oxygen atoms in total. The molecule has 0 saturated carbocycles. The SMILES string of the molecule is Br.Br.NCCO.NCCO. The van der Waals surface area contributed by atoms with Gasteiger partial charge in [-0.25, -0.2) is 0 Å². The van der Waals surface area contributed by atoms with Gasteiger partial charge in [0.2, 0.25) is 0 Å². The van der Waals surface area contributed by atoms with Crippen LogP contribution in [0.15, 0.2) is 0 Å². The standard InChI is InChI=1S/2C2H7NO.2BrH/c2*3-1-2-4;;/h2*4H,1-3H2;2*1H. The zero-order valence-electron chi connectivity index (χ0n) is 5.69. The van der Waals surface area contributed by atoms with E-state index >= 15 is 0 Å². The topological polar surface area (TPSA) is 92.5 Å². The second-order valence-corrected chi connectivity index (χ2v) is 1.02.